The van der Waals surface area contributed by atoms with Crippen LogP contribution in [0.25, 0.3) is 22.3 Å². The van der Waals surface area contributed by atoms with Gasteiger partial charge in [0.1, 0.15) is 61.8 Å². The number of ether oxygens (including phenoxy) is 3. The average Bonchev–Trinajstić information content (AvgIpc) is 1.70. The van der Waals surface area contributed by atoms with Crippen LogP contribution in [0.3, 0.4) is 0 Å². The molecule has 0 saturated carbocycles. The third-order valence-corrected chi connectivity index (χ3v) is 15.7. The highest BCUT2D eigenvalue weighted by molar-refractivity contribution is 8.07. The number of amides is 9. The minimum atomic E-state index is -4.39. The second kappa shape index (κ2) is 30.3. The largest absolute Gasteiger partial charge is 0.694 e. The zero-order valence-corrected chi connectivity index (χ0v) is 49.9. The molecule has 0 spiro atoms. The normalized spacial score (nSPS) is 21.4. The molecule has 2 saturated heterocycles. The zero-order chi connectivity index (χ0) is 64.1. The summed E-state index contributed by atoms with van der Waals surface area (Å²) in [5.74, 6) is -4.01. The van der Waals surface area contributed by atoms with Crippen molar-refractivity contribution in [1.82, 2.24) is 65.2 Å². The fourth-order valence-electron chi connectivity index (χ4n) is 9.36. The molecule has 7 heterocycles. The number of nitrogens with one attached hydrogen (secondary N) is 6. The van der Waals surface area contributed by atoms with Crippen LogP contribution in [0.2, 0.25) is 0 Å². The quantitative estimate of drug-likeness (QED) is 0.0176. The number of alkyl carbamates (subject to hydrolysis) is 1. The van der Waals surface area contributed by atoms with Gasteiger partial charge < -0.3 is 67.0 Å². The van der Waals surface area contributed by atoms with Crippen LogP contribution < -0.4 is 43.4 Å². The fraction of sp³-hybridized carbons (Fsp3) is 0.480. The van der Waals surface area contributed by atoms with E-state index in [0.717, 1.165) is 29.7 Å². The summed E-state index contributed by atoms with van der Waals surface area (Å²) in [6.07, 6.45) is -4.99. The molecule has 0 bridgehead atoms. The van der Waals surface area contributed by atoms with Crippen molar-refractivity contribution >= 4 is 114 Å². The lowest BCUT2D eigenvalue weighted by molar-refractivity contribution is -0.137. The second-order valence-electron chi connectivity index (χ2n) is 20.4. The molecule has 39 heteroatoms. The van der Waals surface area contributed by atoms with E-state index >= 15 is 8.78 Å². The monoisotopic (exact) mass is 1300 g/mol. The number of imide groups is 1. The number of carbonyl (C=O) groups is 8. The first kappa shape index (κ1) is 66.7. The van der Waals surface area contributed by atoms with Crippen molar-refractivity contribution in [1.29, 1.82) is 0 Å². The molecule has 1 aromatic carbocycles. The summed E-state index contributed by atoms with van der Waals surface area (Å²) < 4.78 is 78.6. The van der Waals surface area contributed by atoms with Crippen molar-refractivity contribution in [2.75, 3.05) is 49.2 Å². The molecular formula is C50H62F2N17O17P2S+. The van der Waals surface area contributed by atoms with Crippen molar-refractivity contribution in [2.45, 2.75) is 114 Å². The van der Waals surface area contributed by atoms with E-state index in [4.69, 9.17) is 51.1 Å². The van der Waals surface area contributed by atoms with Crippen molar-refractivity contribution in [3.63, 3.8) is 0 Å². The Hall–Kier alpha value is -8.25. The van der Waals surface area contributed by atoms with Crippen LogP contribution in [0.1, 0.15) is 70.4 Å². The molecule has 3 aliphatic heterocycles. The van der Waals surface area contributed by atoms with Gasteiger partial charge in [0.05, 0.1) is 25.4 Å². The topological polar surface area (TPSA) is 464 Å². The lowest BCUT2D eigenvalue weighted by Crippen LogP contribution is -2.54. The summed E-state index contributed by atoms with van der Waals surface area (Å²) in [7, 11) is -3.16. The van der Waals surface area contributed by atoms with Gasteiger partial charge in [-0.05, 0) is 54.7 Å². The number of nitrogens with two attached hydrogens (primary N) is 2. The number of halogens is 2. The van der Waals surface area contributed by atoms with Crippen LogP contribution in [0, 0.1) is 5.92 Å². The molecule has 478 valence electrons. The van der Waals surface area contributed by atoms with E-state index in [1.807, 2.05) is 0 Å². The van der Waals surface area contributed by atoms with Crippen LogP contribution >= 0.6 is 15.0 Å². The maximum Gasteiger partial charge on any atom is 0.694 e. The van der Waals surface area contributed by atoms with Crippen LogP contribution in [0.4, 0.5) is 35.7 Å². The van der Waals surface area contributed by atoms with Crippen molar-refractivity contribution < 1.29 is 89.3 Å². The number of benzene rings is 1. The van der Waals surface area contributed by atoms with Gasteiger partial charge in [-0.1, -0.05) is 26.0 Å². The number of carbonyl (C=O) groups excluding carboxylic acids is 8. The first-order valence-corrected chi connectivity index (χ1v) is 31.1. The number of primary amides is 1. The molecule has 0 aliphatic carbocycles. The third-order valence-electron chi connectivity index (χ3n) is 13.7. The maximum atomic E-state index is 16.2. The molecule has 11 unspecified atom stereocenters. The SMILES string of the molecule is CC(C)C(NC(=O)CCN1C(=O)C=CC1=O)C(=O)NC(CCCNC(N)=O)C(=O)Nc1ccc(COC(=O)NCCCC(=O)Nc2ncnc3c2ncn3C2OC(COP(O)(=S)OC3C(CO[P+](=O)O)OC(n4cnc5c(N)ncnc54)C3F)CC2F)cc1. The second-order valence-corrected chi connectivity index (χ2v) is 24.0. The Balaban J connectivity index is 0.758. The Labute approximate surface area is 509 Å². The number of alkyl halides is 2. The van der Waals surface area contributed by atoms with E-state index < -0.39 is 137 Å². The lowest BCUT2D eigenvalue weighted by atomic mass is 10.0. The number of aromatic nitrogens is 8. The van der Waals surface area contributed by atoms with Crippen molar-refractivity contribution in [3.8, 4) is 0 Å². The van der Waals surface area contributed by atoms with Gasteiger partial charge in [-0.15, -0.1) is 9.42 Å². The molecule has 4 aromatic heterocycles. The molecule has 9 amide bonds. The van der Waals surface area contributed by atoms with Crippen LogP contribution in [-0.4, -0.2) is 177 Å². The molecular weight excluding hydrogens is 1240 g/mol. The number of nitrogen functional groups attached to an aromatic ring is 1. The number of imidazole rings is 2. The summed E-state index contributed by atoms with van der Waals surface area (Å²) in [6.45, 7) is -2.50. The molecule has 2 fully saturated rings. The Morgan fingerprint density at radius 3 is 2.21 bits per heavy atom. The van der Waals surface area contributed by atoms with Gasteiger partial charge in [0, 0.05) is 61.3 Å². The van der Waals surface area contributed by atoms with Crippen LogP contribution in [0.5, 0.6) is 0 Å². The summed E-state index contributed by atoms with van der Waals surface area (Å²) in [6, 6.07) is 3.19. The summed E-state index contributed by atoms with van der Waals surface area (Å²) >= 11 is 5.19. The molecule has 5 aromatic rings. The van der Waals surface area contributed by atoms with E-state index in [-0.39, 0.29) is 98.7 Å². The number of rotatable bonds is 30. The summed E-state index contributed by atoms with van der Waals surface area (Å²) in [5, 5.41) is 15.6. The minimum Gasteiger partial charge on any atom is -0.445 e. The Morgan fingerprint density at radius 2 is 1.52 bits per heavy atom. The first-order chi connectivity index (χ1) is 42.4. The molecule has 8 rings (SSSR count). The lowest BCUT2D eigenvalue weighted by Gasteiger charge is -2.25. The molecule has 89 heavy (non-hydrogen) atoms. The smallest absolute Gasteiger partial charge is 0.445 e. The molecule has 12 N–H and O–H groups in total. The Kier molecular flexibility index (Phi) is 22.7. The number of urea groups is 1. The van der Waals surface area contributed by atoms with Crippen molar-refractivity contribution in [3.05, 3.63) is 67.3 Å². The number of nitrogens with zero attached hydrogens (tertiary/aromatic N) is 9. The Morgan fingerprint density at radius 1 is 0.843 bits per heavy atom. The molecule has 3 aliphatic rings. The van der Waals surface area contributed by atoms with Crippen molar-refractivity contribution in [2.24, 2.45) is 11.7 Å². The first-order valence-electron chi connectivity index (χ1n) is 27.4. The summed E-state index contributed by atoms with van der Waals surface area (Å²) in [5.41, 5.74) is 12.3. The van der Waals surface area contributed by atoms with Gasteiger partial charge in [-0.2, -0.15) is 0 Å². The highest BCUT2D eigenvalue weighted by atomic mass is 32.5. The number of anilines is 3. The van der Waals surface area contributed by atoms with Gasteiger partial charge in [-0.3, -0.25) is 47.3 Å². The predicted octanol–water partition coefficient (Wildman–Crippen LogP) is 1.37. The van der Waals surface area contributed by atoms with Gasteiger partial charge in [0.25, 0.3) is 11.8 Å². The van der Waals surface area contributed by atoms with Crippen LogP contribution in [-0.2, 0) is 79.5 Å². The minimum absolute atomic E-state index is 0.00338. The van der Waals surface area contributed by atoms with E-state index in [1.54, 1.807) is 26.0 Å². The third kappa shape index (κ3) is 17.8. The predicted molar refractivity (Wildman–Crippen MR) is 308 cm³/mol. The van der Waals surface area contributed by atoms with Gasteiger partial charge in [0.2, 0.25) is 23.6 Å². The van der Waals surface area contributed by atoms with E-state index in [9.17, 15) is 52.7 Å². The molecule has 34 nitrogen and oxygen atoms in total. The average molecular weight is 1310 g/mol. The number of hydrogen-bond donors (Lipinski definition) is 10. The van der Waals surface area contributed by atoms with Crippen LogP contribution in [0.15, 0.2) is 61.7 Å². The highest BCUT2D eigenvalue weighted by Crippen LogP contribution is 2.51. The zero-order valence-electron chi connectivity index (χ0n) is 47.3. The number of fused-ring (bicyclic) bond motifs is 2. The van der Waals surface area contributed by atoms with Gasteiger partial charge >= 0.3 is 27.1 Å². The van der Waals surface area contributed by atoms with E-state index in [2.05, 4.69) is 61.8 Å². The maximum absolute atomic E-state index is 16.2. The molecule has 0 radical (unpaired) electrons. The summed E-state index contributed by atoms with van der Waals surface area (Å²) in [4.78, 5) is 146. The Bertz CT molecular complexity index is 3520. The molecule has 11 atom stereocenters. The van der Waals surface area contributed by atoms with E-state index in [1.165, 1.54) is 33.9 Å². The number of hydrogen-bond acceptors (Lipinski definition) is 23. The van der Waals surface area contributed by atoms with Gasteiger partial charge in [0.15, 0.2) is 47.1 Å². The van der Waals surface area contributed by atoms with E-state index in [0.29, 0.717) is 11.3 Å². The fourth-order valence-corrected chi connectivity index (χ4v) is 11.1. The standard InChI is InChI=1S/C50H61F2N17O17P2S/c1-25(2)37(65-33(71)13-16-67-34(72)11-12-35(67)73)46(75)64-30(5-3-14-55-49(54)76)45(74)63-27-9-7-26(8-10-27)18-81-50(77)56-15-4-6-32(70)66-42-39-44(60-22-58-42)68(24-62-39)47-29(51)17-28(84-47)19-83-88(80,89)86-40-31(20-82-87(78)79)85-48(36(40)52)69-23-61-38-41(53)57-21-59-43(38)69/h7-12,21-25,28-31,36-37,40,47-48H,3-6,13-20H2,1-2H3,(H11-,53,54,55,56,57,58,59,60,63,64,65,66,70,71,74,75,76,77,78,79,80,89)/p+1. The van der Waals surface area contributed by atoms with Gasteiger partial charge in [-0.25, -0.2) is 48.3 Å². The highest BCUT2D eigenvalue weighted by Gasteiger charge is 2.51.